The summed E-state index contributed by atoms with van der Waals surface area (Å²) in [7, 11) is 0. The molecule has 25 heavy (non-hydrogen) atoms. The third-order valence-corrected chi connectivity index (χ3v) is 4.77. The molecule has 6 heteroatoms. The molecule has 1 aliphatic carbocycles. The summed E-state index contributed by atoms with van der Waals surface area (Å²) >= 11 is 0. The Kier molecular flexibility index (Phi) is 3.96. The summed E-state index contributed by atoms with van der Waals surface area (Å²) in [6.07, 6.45) is 1.10. The van der Waals surface area contributed by atoms with Crippen LogP contribution in [0.25, 0.3) is 0 Å². The van der Waals surface area contributed by atoms with Gasteiger partial charge in [0, 0.05) is 35.5 Å². The van der Waals surface area contributed by atoms with Crippen LogP contribution in [0.5, 0.6) is 0 Å². The molecule has 6 nitrogen and oxygen atoms in total. The first-order chi connectivity index (χ1) is 11.7. The van der Waals surface area contributed by atoms with E-state index in [2.05, 4.69) is 11.4 Å². The zero-order valence-corrected chi connectivity index (χ0v) is 14.4. The molecule has 1 aromatic rings. The van der Waals surface area contributed by atoms with Crippen molar-refractivity contribution in [1.29, 1.82) is 5.26 Å². The third-order valence-electron chi connectivity index (χ3n) is 4.77. The van der Waals surface area contributed by atoms with Crippen LogP contribution in [-0.4, -0.2) is 10.7 Å². The Hall–Kier alpha value is -2.94. The van der Waals surface area contributed by atoms with Gasteiger partial charge in [-0.3, -0.25) is 14.9 Å². The molecule has 1 heterocycles. The number of Topliss-reactive ketones (excluding diaryl/α,β-unsaturated/α-hetero) is 1. The second kappa shape index (κ2) is 5.85. The Morgan fingerprint density at radius 1 is 1.36 bits per heavy atom. The highest BCUT2D eigenvalue weighted by molar-refractivity contribution is 6.00. The lowest BCUT2D eigenvalue weighted by atomic mass is 9.69. The summed E-state index contributed by atoms with van der Waals surface area (Å²) in [5.41, 5.74) is 2.94. The second-order valence-corrected chi connectivity index (χ2v) is 7.39. The molecule has 3 rings (SSSR count). The number of hydrogen-bond donors (Lipinski definition) is 1. The maximum Gasteiger partial charge on any atom is 0.269 e. The molecule has 1 N–H and O–H groups in total. The zero-order chi connectivity index (χ0) is 18.4. The standard InChI is InChI=1S/C19H19N3O3/c1-11-14(10-20)17(12-5-4-6-13(7-12)22(24)25)18-15(21-11)8-19(2,3)9-16(18)23/h4-7,17,21H,8-9H2,1-3H3/t17-/m1/s1. The highest BCUT2D eigenvalue weighted by Crippen LogP contribution is 2.46. The van der Waals surface area contributed by atoms with Crippen LogP contribution < -0.4 is 5.32 Å². The van der Waals surface area contributed by atoms with Crippen LogP contribution in [0.1, 0.15) is 45.1 Å². The first-order valence-electron chi connectivity index (χ1n) is 8.12. The normalized spacial score (nSPS) is 22.2. The molecule has 1 aromatic carbocycles. The number of carbonyl (C=O) groups is 1. The first kappa shape index (κ1) is 16.9. The summed E-state index contributed by atoms with van der Waals surface area (Å²) in [6.45, 7) is 5.88. The number of nitriles is 1. The number of benzene rings is 1. The molecule has 0 saturated heterocycles. The van der Waals surface area contributed by atoms with E-state index < -0.39 is 10.8 Å². The number of rotatable bonds is 2. The number of non-ortho nitro benzene ring substituents is 1. The summed E-state index contributed by atoms with van der Waals surface area (Å²) in [6, 6.07) is 8.39. The Morgan fingerprint density at radius 3 is 2.72 bits per heavy atom. The van der Waals surface area contributed by atoms with Crippen molar-refractivity contribution in [2.24, 2.45) is 5.41 Å². The lowest BCUT2D eigenvalue weighted by Gasteiger charge is -2.38. The molecule has 0 bridgehead atoms. The molecule has 0 aromatic heterocycles. The smallest absolute Gasteiger partial charge is 0.269 e. The van der Waals surface area contributed by atoms with Gasteiger partial charge in [0.2, 0.25) is 0 Å². The van der Waals surface area contributed by atoms with E-state index in [9.17, 15) is 20.2 Å². The van der Waals surface area contributed by atoms with Gasteiger partial charge in [0.05, 0.1) is 22.5 Å². The molecule has 1 aliphatic heterocycles. The fraction of sp³-hybridized carbons (Fsp3) is 0.368. The van der Waals surface area contributed by atoms with Gasteiger partial charge < -0.3 is 5.32 Å². The molecular formula is C19H19N3O3. The molecule has 0 spiro atoms. The van der Waals surface area contributed by atoms with Gasteiger partial charge in [0.25, 0.3) is 5.69 Å². The van der Waals surface area contributed by atoms with Crippen molar-refractivity contribution in [1.82, 2.24) is 5.32 Å². The van der Waals surface area contributed by atoms with Gasteiger partial charge in [0.1, 0.15) is 0 Å². The number of carbonyl (C=O) groups excluding carboxylic acids is 1. The Morgan fingerprint density at radius 2 is 2.08 bits per heavy atom. The first-order valence-corrected chi connectivity index (χ1v) is 8.12. The highest BCUT2D eigenvalue weighted by Gasteiger charge is 2.41. The van der Waals surface area contributed by atoms with E-state index in [1.54, 1.807) is 19.1 Å². The fourth-order valence-electron chi connectivity index (χ4n) is 3.74. The van der Waals surface area contributed by atoms with Crippen molar-refractivity contribution < 1.29 is 9.72 Å². The molecule has 0 unspecified atom stereocenters. The maximum atomic E-state index is 12.9. The van der Waals surface area contributed by atoms with Gasteiger partial charge in [-0.15, -0.1) is 0 Å². The summed E-state index contributed by atoms with van der Waals surface area (Å²) < 4.78 is 0. The van der Waals surface area contributed by atoms with Crippen molar-refractivity contribution in [2.75, 3.05) is 0 Å². The number of hydrogen-bond acceptors (Lipinski definition) is 5. The fourth-order valence-corrected chi connectivity index (χ4v) is 3.74. The van der Waals surface area contributed by atoms with Crippen molar-refractivity contribution >= 4 is 11.5 Å². The quantitative estimate of drug-likeness (QED) is 0.655. The summed E-state index contributed by atoms with van der Waals surface area (Å²) in [5.74, 6) is -0.555. The van der Waals surface area contributed by atoms with Gasteiger partial charge in [-0.25, -0.2) is 0 Å². The highest BCUT2D eigenvalue weighted by atomic mass is 16.6. The number of nitro groups is 1. The van der Waals surface area contributed by atoms with E-state index in [4.69, 9.17) is 0 Å². The molecular weight excluding hydrogens is 318 g/mol. The van der Waals surface area contributed by atoms with E-state index in [1.165, 1.54) is 12.1 Å². The van der Waals surface area contributed by atoms with Gasteiger partial charge in [-0.1, -0.05) is 26.0 Å². The molecule has 0 saturated carbocycles. The lowest BCUT2D eigenvalue weighted by molar-refractivity contribution is -0.384. The minimum atomic E-state index is -0.551. The third kappa shape index (κ3) is 2.93. The maximum absolute atomic E-state index is 12.9. The average Bonchev–Trinajstić information content (AvgIpc) is 2.52. The molecule has 128 valence electrons. The second-order valence-electron chi connectivity index (χ2n) is 7.39. The van der Waals surface area contributed by atoms with E-state index >= 15 is 0 Å². The molecule has 0 fully saturated rings. The van der Waals surface area contributed by atoms with Crippen molar-refractivity contribution in [3.63, 3.8) is 0 Å². The predicted molar refractivity (Wildman–Crippen MR) is 92.3 cm³/mol. The summed E-state index contributed by atoms with van der Waals surface area (Å²) in [5, 5.41) is 24.0. The van der Waals surface area contributed by atoms with Crippen molar-refractivity contribution in [3.8, 4) is 6.07 Å². The van der Waals surface area contributed by atoms with Gasteiger partial charge in [-0.2, -0.15) is 5.26 Å². The molecule has 0 radical (unpaired) electrons. The largest absolute Gasteiger partial charge is 0.361 e. The Bertz CT molecular complexity index is 887. The number of dihydropyridines is 1. The monoisotopic (exact) mass is 337 g/mol. The van der Waals surface area contributed by atoms with Crippen LogP contribution in [0.15, 0.2) is 46.8 Å². The van der Waals surface area contributed by atoms with Gasteiger partial charge in [0.15, 0.2) is 5.78 Å². The predicted octanol–water partition coefficient (Wildman–Crippen LogP) is 3.72. The Labute approximate surface area is 146 Å². The van der Waals surface area contributed by atoms with Gasteiger partial charge in [-0.05, 0) is 24.3 Å². The number of nitro benzene ring substituents is 1. The van der Waals surface area contributed by atoms with Crippen LogP contribution in [-0.2, 0) is 4.79 Å². The number of nitrogens with one attached hydrogen (secondary N) is 1. The Balaban J connectivity index is 2.20. The van der Waals surface area contributed by atoms with E-state index in [1.807, 2.05) is 13.8 Å². The average molecular weight is 337 g/mol. The van der Waals surface area contributed by atoms with E-state index in [0.29, 0.717) is 35.2 Å². The minimum absolute atomic E-state index is 0.00416. The van der Waals surface area contributed by atoms with Gasteiger partial charge >= 0.3 is 0 Å². The molecule has 1 atom stereocenters. The molecule has 0 amide bonds. The van der Waals surface area contributed by atoms with Crippen LogP contribution in [0.3, 0.4) is 0 Å². The zero-order valence-electron chi connectivity index (χ0n) is 14.4. The van der Waals surface area contributed by atoms with E-state index in [-0.39, 0.29) is 16.9 Å². The number of ketones is 1. The van der Waals surface area contributed by atoms with Crippen LogP contribution in [0.2, 0.25) is 0 Å². The minimum Gasteiger partial charge on any atom is -0.361 e. The lowest BCUT2D eigenvalue weighted by Crippen LogP contribution is -2.36. The van der Waals surface area contributed by atoms with Crippen molar-refractivity contribution in [2.45, 2.75) is 39.5 Å². The number of nitrogens with zero attached hydrogens (tertiary/aromatic N) is 2. The van der Waals surface area contributed by atoms with Crippen LogP contribution in [0.4, 0.5) is 5.69 Å². The topological polar surface area (TPSA) is 96.0 Å². The van der Waals surface area contributed by atoms with Crippen molar-refractivity contribution in [3.05, 3.63) is 62.5 Å². The number of allylic oxidation sites excluding steroid dienone is 4. The molecule has 2 aliphatic rings. The SMILES string of the molecule is CC1=C(C#N)[C@@H](c2cccc([N+](=O)[O-])c2)C2=C(CC(C)(C)CC2=O)N1. The van der Waals surface area contributed by atoms with E-state index in [0.717, 1.165) is 5.70 Å². The summed E-state index contributed by atoms with van der Waals surface area (Å²) in [4.78, 5) is 23.5. The van der Waals surface area contributed by atoms with Crippen LogP contribution >= 0.6 is 0 Å². The van der Waals surface area contributed by atoms with Crippen LogP contribution in [0, 0.1) is 26.9 Å².